The molecule has 2 heterocycles. The molecular weight excluding hydrogens is 238 g/mol. The Morgan fingerprint density at radius 1 is 1.32 bits per heavy atom. The summed E-state index contributed by atoms with van der Waals surface area (Å²) in [5, 5.41) is 6.21. The molecular formula is C15H15N3O. The van der Waals surface area contributed by atoms with Gasteiger partial charge in [-0.15, -0.1) is 0 Å². The summed E-state index contributed by atoms with van der Waals surface area (Å²) >= 11 is 0. The lowest BCUT2D eigenvalue weighted by Crippen LogP contribution is -2.15. The summed E-state index contributed by atoms with van der Waals surface area (Å²) in [6.45, 7) is 0.973. The number of amides is 1. The Labute approximate surface area is 111 Å². The van der Waals surface area contributed by atoms with Crippen molar-refractivity contribution in [1.29, 1.82) is 0 Å². The van der Waals surface area contributed by atoms with Gasteiger partial charge in [-0.2, -0.15) is 0 Å². The molecule has 0 radical (unpaired) electrons. The van der Waals surface area contributed by atoms with Crippen LogP contribution in [0, 0.1) is 0 Å². The SMILES string of the molecule is O=C(Cc1ccccn1)Nc1ccc2c(c1)CCN2. The second-order valence-electron chi connectivity index (χ2n) is 4.59. The van der Waals surface area contributed by atoms with Crippen molar-refractivity contribution < 1.29 is 4.79 Å². The molecule has 4 heteroatoms. The van der Waals surface area contributed by atoms with Gasteiger partial charge in [0, 0.05) is 29.8 Å². The standard InChI is InChI=1S/C15H15N3O/c19-15(10-12-3-1-2-7-16-12)18-13-4-5-14-11(9-13)6-8-17-14/h1-5,7,9,17H,6,8,10H2,(H,18,19). The van der Waals surface area contributed by atoms with E-state index in [2.05, 4.69) is 15.6 Å². The molecule has 1 aliphatic heterocycles. The van der Waals surface area contributed by atoms with E-state index in [0.717, 1.165) is 24.3 Å². The number of aromatic nitrogens is 1. The number of nitrogens with zero attached hydrogens (tertiary/aromatic N) is 1. The van der Waals surface area contributed by atoms with Gasteiger partial charge in [-0.05, 0) is 42.3 Å². The van der Waals surface area contributed by atoms with E-state index in [1.807, 2.05) is 36.4 Å². The normalized spacial score (nSPS) is 12.6. The average Bonchev–Trinajstić information content (AvgIpc) is 2.87. The molecule has 19 heavy (non-hydrogen) atoms. The van der Waals surface area contributed by atoms with Crippen molar-refractivity contribution in [2.24, 2.45) is 0 Å². The molecule has 1 aromatic heterocycles. The minimum Gasteiger partial charge on any atom is -0.384 e. The molecule has 0 saturated carbocycles. The van der Waals surface area contributed by atoms with E-state index in [4.69, 9.17) is 0 Å². The van der Waals surface area contributed by atoms with Crippen molar-refractivity contribution in [3.63, 3.8) is 0 Å². The van der Waals surface area contributed by atoms with Gasteiger partial charge in [0.05, 0.1) is 6.42 Å². The molecule has 0 unspecified atom stereocenters. The third kappa shape index (κ3) is 2.73. The van der Waals surface area contributed by atoms with Crippen LogP contribution in [-0.4, -0.2) is 17.4 Å². The van der Waals surface area contributed by atoms with Gasteiger partial charge < -0.3 is 10.6 Å². The van der Waals surface area contributed by atoms with Crippen molar-refractivity contribution in [2.45, 2.75) is 12.8 Å². The topological polar surface area (TPSA) is 54.0 Å². The number of anilines is 2. The van der Waals surface area contributed by atoms with E-state index in [9.17, 15) is 4.79 Å². The maximum Gasteiger partial charge on any atom is 0.230 e. The number of carbonyl (C=O) groups excluding carboxylic acids is 1. The zero-order valence-corrected chi connectivity index (χ0v) is 10.5. The van der Waals surface area contributed by atoms with Gasteiger partial charge in [0.15, 0.2) is 0 Å². The van der Waals surface area contributed by atoms with Gasteiger partial charge in [0.25, 0.3) is 0 Å². The Morgan fingerprint density at radius 3 is 3.11 bits per heavy atom. The number of hydrogen-bond donors (Lipinski definition) is 2. The molecule has 96 valence electrons. The summed E-state index contributed by atoms with van der Waals surface area (Å²) in [6, 6.07) is 11.6. The van der Waals surface area contributed by atoms with Crippen LogP contribution in [0.15, 0.2) is 42.6 Å². The van der Waals surface area contributed by atoms with Crippen LogP contribution in [0.5, 0.6) is 0 Å². The molecule has 4 nitrogen and oxygen atoms in total. The van der Waals surface area contributed by atoms with E-state index >= 15 is 0 Å². The van der Waals surface area contributed by atoms with Crippen molar-refractivity contribution in [1.82, 2.24) is 4.98 Å². The third-order valence-corrected chi connectivity index (χ3v) is 3.17. The number of carbonyl (C=O) groups is 1. The lowest BCUT2D eigenvalue weighted by atomic mass is 10.1. The molecule has 2 N–H and O–H groups in total. The lowest BCUT2D eigenvalue weighted by molar-refractivity contribution is -0.115. The first-order chi connectivity index (χ1) is 9.31. The zero-order valence-electron chi connectivity index (χ0n) is 10.5. The molecule has 0 saturated heterocycles. The number of rotatable bonds is 3. The van der Waals surface area contributed by atoms with Crippen LogP contribution in [-0.2, 0) is 17.6 Å². The molecule has 0 bridgehead atoms. The van der Waals surface area contributed by atoms with Crippen LogP contribution in [0.1, 0.15) is 11.3 Å². The fourth-order valence-electron chi connectivity index (χ4n) is 2.25. The van der Waals surface area contributed by atoms with Crippen LogP contribution in [0.3, 0.4) is 0 Å². The maximum atomic E-state index is 11.9. The van der Waals surface area contributed by atoms with Crippen molar-refractivity contribution in [2.75, 3.05) is 17.2 Å². The number of nitrogens with one attached hydrogen (secondary N) is 2. The van der Waals surface area contributed by atoms with E-state index in [-0.39, 0.29) is 5.91 Å². The Kier molecular flexibility index (Phi) is 3.14. The highest BCUT2D eigenvalue weighted by atomic mass is 16.1. The van der Waals surface area contributed by atoms with Gasteiger partial charge in [-0.1, -0.05) is 6.07 Å². The highest BCUT2D eigenvalue weighted by molar-refractivity contribution is 5.92. The third-order valence-electron chi connectivity index (χ3n) is 3.17. The van der Waals surface area contributed by atoms with Crippen LogP contribution < -0.4 is 10.6 Å². The molecule has 1 amide bonds. The highest BCUT2D eigenvalue weighted by Crippen LogP contribution is 2.25. The summed E-state index contributed by atoms with van der Waals surface area (Å²) in [6.07, 6.45) is 3.01. The van der Waals surface area contributed by atoms with Crippen molar-refractivity contribution >= 4 is 17.3 Å². The largest absolute Gasteiger partial charge is 0.384 e. The minimum absolute atomic E-state index is 0.0374. The van der Waals surface area contributed by atoms with Gasteiger partial charge in [0.2, 0.25) is 5.91 Å². The van der Waals surface area contributed by atoms with Gasteiger partial charge in [-0.25, -0.2) is 0 Å². The quantitative estimate of drug-likeness (QED) is 0.882. The highest BCUT2D eigenvalue weighted by Gasteiger charge is 2.11. The minimum atomic E-state index is -0.0374. The second kappa shape index (κ2) is 5.10. The molecule has 1 aromatic carbocycles. The molecule has 1 aliphatic rings. The van der Waals surface area contributed by atoms with Gasteiger partial charge >= 0.3 is 0 Å². The van der Waals surface area contributed by atoms with Crippen molar-refractivity contribution in [3.8, 4) is 0 Å². The van der Waals surface area contributed by atoms with Gasteiger partial charge in [0.1, 0.15) is 0 Å². The summed E-state index contributed by atoms with van der Waals surface area (Å²) in [5.74, 6) is -0.0374. The first kappa shape index (κ1) is 11.7. The Morgan fingerprint density at radius 2 is 2.26 bits per heavy atom. The fourth-order valence-corrected chi connectivity index (χ4v) is 2.25. The first-order valence-corrected chi connectivity index (χ1v) is 6.38. The number of fused-ring (bicyclic) bond motifs is 1. The lowest BCUT2D eigenvalue weighted by Gasteiger charge is -2.07. The summed E-state index contributed by atoms with van der Waals surface area (Å²) in [7, 11) is 0. The van der Waals surface area contributed by atoms with E-state index in [1.165, 1.54) is 11.3 Å². The van der Waals surface area contributed by atoms with Crippen LogP contribution in [0.4, 0.5) is 11.4 Å². The number of benzene rings is 1. The predicted molar refractivity (Wildman–Crippen MR) is 75.2 cm³/mol. The predicted octanol–water partition coefficient (Wildman–Crippen LogP) is 2.23. The van der Waals surface area contributed by atoms with E-state index < -0.39 is 0 Å². The molecule has 0 fully saturated rings. The summed E-state index contributed by atoms with van der Waals surface area (Å²) < 4.78 is 0. The maximum absolute atomic E-state index is 11.9. The van der Waals surface area contributed by atoms with Crippen LogP contribution >= 0.6 is 0 Å². The van der Waals surface area contributed by atoms with Crippen LogP contribution in [0.2, 0.25) is 0 Å². The zero-order chi connectivity index (χ0) is 13.1. The second-order valence-corrected chi connectivity index (χ2v) is 4.59. The van der Waals surface area contributed by atoms with Crippen LogP contribution in [0.25, 0.3) is 0 Å². The smallest absolute Gasteiger partial charge is 0.230 e. The monoisotopic (exact) mass is 253 g/mol. The Balaban J connectivity index is 1.66. The van der Waals surface area contributed by atoms with E-state index in [0.29, 0.717) is 6.42 Å². The van der Waals surface area contributed by atoms with E-state index in [1.54, 1.807) is 6.20 Å². The molecule has 0 spiro atoms. The Bertz CT molecular complexity index is 596. The number of hydrogen-bond acceptors (Lipinski definition) is 3. The molecule has 2 aromatic rings. The average molecular weight is 253 g/mol. The first-order valence-electron chi connectivity index (χ1n) is 6.38. The van der Waals surface area contributed by atoms with Gasteiger partial charge in [-0.3, -0.25) is 9.78 Å². The fraction of sp³-hybridized carbons (Fsp3) is 0.200. The molecule has 0 aliphatic carbocycles. The summed E-state index contributed by atoms with van der Waals surface area (Å²) in [4.78, 5) is 16.1. The molecule has 0 atom stereocenters. The summed E-state index contributed by atoms with van der Waals surface area (Å²) in [5.41, 5.74) is 4.06. The van der Waals surface area contributed by atoms with Crippen molar-refractivity contribution in [3.05, 3.63) is 53.9 Å². The molecule has 3 rings (SSSR count). The Hall–Kier alpha value is -2.36. The number of pyridine rings is 1.